The fourth-order valence-corrected chi connectivity index (χ4v) is 3.07. The van der Waals surface area contributed by atoms with Crippen LogP contribution in [0.1, 0.15) is 31.0 Å². The normalized spacial score (nSPS) is 14.7. The summed E-state index contributed by atoms with van der Waals surface area (Å²) in [5.74, 6) is -1.77. The average molecular weight is 406 g/mol. The molecule has 2 aromatic rings. The number of carbonyl (C=O) groups excluding carboxylic acids is 2. The van der Waals surface area contributed by atoms with Crippen molar-refractivity contribution >= 4 is 23.4 Å². The third kappa shape index (κ3) is 4.27. The maximum absolute atomic E-state index is 13.9. The van der Waals surface area contributed by atoms with Crippen molar-refractivity contribution in [3.63, 3.8) is 0 Å². The van der Waals surface area contributed by atoms with Gasteiger partial charge < -0.3 is 15.7 Å². The Bertz CT molecular complexity index is 962. The van der Waals surface area contributed by atoms with E-state index in [0.29, 0.717) is 5.69 Å². The molecule has 8 nitrogen and oxygen atoms in total. The molecule has 0 saturated carbocycles. The minimum Gasteiger partial charge on any atom is -0.388 e. The third-order valence-corrected chi connectivity index (χ3v) is 4.43. The fraction of sp³-hybridized carbons (Fsp3) is 0.316. The zero-order valence-corrected chi connectivity index (χ0v) is 16.0. The third-order valence-electron chi connectivity index (χ3n) is 4.43. The Morgan fingerprint density at radius 1 is 1.41 bits per heavy atom. The predicted octanol–water partition coefficient (Wildman–Crippen LogP) is 2.77. The van der Waals surface area contributed by atoms with Crippen LogP contribution in [-0.2, 0) is 4.79 Å². The smallest absolute Gasteiger partial charge is 0.324 e. The second-order valence-electron chi connectivity index (χ2n) is 7.32. The number of carbonyl (C=O) groups is 2. The van der Waals surface area contributed by atoms with Crippen molar-refractivity contribution in [1.82, 2.24) is 10.3 Å². The van der Waals surface area contributed by atoms with Gasteiger partial charge in [0.15, 0.2) is 11.6 Å². The number of nitrogens with zero attached hydrogens (tertiary/aromatic N) is 2. The molecule has 0 radical (unpaired) electrons. The number of pyridine rings is 1. The molecular weight excluding hydrogens is 386 g/mol. The number of benzene rings is 1. The molecule has 1 aliphatic heterocycles. The highest BCUT2D eigenvalue weighted by molar-refractivity contribution is 6.08. The lowest BCUT2D eigenvalue weighted by Gasteiger charge is -2.34. The Labute approximate surface area is 165 Å². The largest absolute Gasteiger partial charge is 0.388 e. The number of aliphatic hydroxyl groups is 1. The van der Waals surface area contributed by atoms with Gasteiger partial charge in [0.05, 0.1) is 17.3 Å². The summed E-state index contributed by atoms with van der Waals surface area (Å²) in [7, 11) is 0. The number of halogens is 2. The number of nitrogens with one attached hydrogen (secondary N) is 2. The van der Waals surface area contributed by atoms with Crippen LogP contribution in [0.3, 0.4) is 0 Å². The molecule has 1 unspecified atom stereocenters. The minimum atomic E-state index is -1.51. The maximum atomic E-state index is 13.9. The van der Waals surface area contributed by atoms with Gasteiger partial charge in [0.25, 0.3) is 0 Å². The van der Waals surface area contributed by atoms with Crippen molar-refractivity contribution in [2.45, 2.75) is 32.4 Å². The van der Waals surface area contributed by atoms with Crippen LogP contribution in [0, 0.1) is 12.7 Å². The van der Waals surface area contributed by atoms with Gasteiger partial charge in [0.2, 0.25) is 11.7 Å². The van der Waals surface area contributed by atoms with Crippen LogP contribution in [0.15, 0.2) is 30.5 Å². The highest BCUT2D eigenvalue weighted by Crippen LogP contribution is 2.31. The number of urea groups is 1. The zero-order chi connectivity index (χ0) is 21.3. The highest BCUT2D eigenvalue weighted by atomic mass is 19.3. The summed E-state index contributed by atoms with van der Waals surface area (Å²) in [5, 5.41) is 15.8. The summed E-state index contributed by atoms with van der Waals surface area (Å²) in [4.78, 5) is 33.7. The molecule has 0 spiro atoms. The van der Waals surface area contributed by atoms with Crippen molar-refractivity contribution in [2.75, 3.05) is 16.8 Å². The molecule has 1 aliphatic rings. The number of rotatable bonds is 4. The minimum absolute atomic E-state index is 0.183. The Kier molecular flexibility index (Phi) is 5.38. The van der Waals surface area contributed by atoms with E-state index in [1.165, 1.54) is 19.9 Å². The molecule has 0 saturated heterocycles. The van der Waals surface area contributed by atoms with Gasteiger partial charge in [-0.2, -0.15) is 0 Å². The lowest BCUT2D eigenvalue weighted by atomic mass is 9.91. The molecule has 154 valence electrons. The van der Waals surface area contributed by atoms with Gasteiger partial charge in [0.1, 0.15) is 6.54 Å². The molecule has 1 aromatic carbocycles. The maximum Gasteiger partial charge on any atom is 0.324 e. The zero-order valence-electron chi connectivity index (χ0n) is 16.0. The Morgan fingerprint density at radius 3 is 2.76 bits per heavy atom. The summed E-state index contributed by atoms with van der Waals surface area (Å²) in [6.07, 6.45) is 1.55. The number of amides is 3. The number of aromatic nitrogens is 1. The molecule has 0 aliphatic carbocycles. The topological polar surface area (TPSA) is 104 Å². The van der Waals surface area contributed by atoms with Crippen molar-refractivity contribution in [3.8, 4) is 5.75 Å². The van der Waals surface area contributed by atoms with Crippen LogP contribution in [0.25, 0.3) is 0 Å². The molecule has 10 heteroatoms. The monoisotopic (exact) mass is 406 g/mol. The van der Waals surface area contributed by atoms with Gasteiger partial charge in [0, 0.05) is 10.7 Å². The molecule has 3 amide bonds. The molecule has 0 bridgehead atoms. The first-order valence-corrected chi connectivity index (χ1v) is 8.75. The van der Waals surface area contributed by atoms with E-state index < -0.39 is 35.1 Å². The first kappa shape index (κ1) is 20.5. The summed E-state index contributed by atoms with van der Waals surface area (Å²) in [5.41, 5.74) is -0.150. The number of hydrogen-bond donors (Lipinski definition) is 3. The summed E-state index contributed by atoms with van der Waals surface area (Å²) in [6, 6.07) is 3.21. The Balaban J connectivity index is 1.92. The van der Waals surface area contributed by atoms with E-state index in [1.807, 2.05) is 0 Å². The lowest BCUT2D eigenvalue weighted by Crippen LogP contribution is -2.51. The summed E-state index contributed by atoms with van der Waals surface area (Å²) < 4.78 is 26.2. The Morgan fingerprint density at radius 2 is 2.14 bits per heavy atom. The van der Waals surface area contributed by atoms with Crippen LogP contribution < -0.4 is 20.5 Å². The van der Waals surface area contributed by atoms with Gasteiger partial charge in [-0.05, 0) is 50.1 Å². The van der Waals surface area contributed by atoms with Crippen LogP contribution in [0.5, 0.6) is 5.75 Å². The van der Waals surface area contributed by atoms with Gasteiger partial charge in [-0.3, -0.25) is 14.6 Å². The molecule has 29 heavy (non-hydrogen) atoms. The Hall–Kier alpha value is -3.27. The van der Waals surface area contributed by atoms with Crippen molar-refractivity contribution in [2.24, 2.45) is 0 Å². The van der Waals surface area contributed by atoms with Gasteiger partial charge in [-0.1, -0.05) is 6.07 Å². The SMILES string of the molecule is Cc1cnc2c(c1)NC(=O)CN2C(=O)NC(c1ccc(OF)c(F)c1)C(C)(C)O. The van der Waals surface area contributed by atoms with Crippen LogP contribution in [-0.4, -0.2) is 34.2 Å². The number of anilines is 2. The van der Waals surface area contributed by atoms with E-state index in [4.69, 9.17) is 0 Å². The first-order chi connectivity index (χ1) is 13.6. The van der Waals surface area contributed by atoms with E-state index in [1.54, 1.807) is 19.2 Å². The summed E-state index contributed by atoms with van der Waals surface area (Å²) >= 11 is 0. The molecule has 3 N–H and O–H groups in total. The van der Waals surface area contributed by atoms with Crippen molar-refractivity contribution < 1.29 is 28.6 Å². The van der Waals surface area contributed by atoms with Crippen LogP contribution >= 0.6 is 0 Å². The van der Waals surface area contributed by atoms with E-state index >= 15 is 0 Å². The number of fused-ring (bicyclic) bond motifs is 1. The number of hydrogen-bond acceptors (Lipinski definition) is 5. The first-order valence-electron chi connectivity index (χ1n) is 8.75. The molecule has 2 heterocycles. The predicted molar refractivity (Wildman–Crippen MR) is 101 cm³/mol. The molecule has 3 rings (SSSR count). The molecule has 1 aromatic heterocycles. The van der Waals surface area contributed by atoms with Gasteiger partial charge in [-0.15, -0.1) is 0 Å². The van der Waals surface area contributed by atoms with Crippen molar-refractivity contribution in [3.05, 3.63) is 47.4 Å². The van der Waals surface area contributed by atoms with E-state index in [2.05, 4.69) is 20.6 Å². The van der Waals surface area contributed by atoms with E-state index in [9.17, 15) is 23.6 Å². The standard InChI is InChI=1S/C19H20F2N4O4/c1-10-6-13-17(22-8-10)25(9-15(26)23-13)18(27)24-16(19(2,3)28)11-4-5-14(29-21)12(20)7-11/h4-8,16,28H,9H2,1-3H3,(H,23,26)(H,24,27). The van der Waals surface area contributed by atoms with E-state index in [-0.39, 0.29) is 17.9 Å². The number of aryl methyl sites for hydroxylation is 1. The second kappa shape index (κ2) is 7.63. The molecule has 0 fully saturated rings. The summed E-state index contributed by atoms with van der Waals surface area (Å²) in [6.45, 7) is 4.36. The highest BCUT2D eigenvalue weighted by Gasteiger charge is 2.35. The van der Waals surface area contributed by atoms with E-state index in [0.717, 1.165) is 22.6 Å². The molecular formula is C19H20F2N4O4. The van der Waals surface area contributed by atoms with Gasteiger partial charge in [-0.25, -0.2) is 14.2 Å². The molecule has 1 atom stereocenters. The lowest BCUT2D eigenvalue weighted by molar-refractivity contribution is -0.115. The average Bonchev–Trinajstić information content (AvgIpc) is 2.63. The van der Waals surface area contributed by atoms with Crippen LogP contribution in [0.4, 0.5) is 25.2 Å². The fourth-order valence-electron chi connectivity index (χ4n) is 3.07. The van der Waals surface area contributed by atoms with Gasteiger partial charge >= 0.3 is 6.03 Å². The van der Waals surface area contributed by atoms with Crippen LogP contribution in [0.2, 0.25) is 0 Å². The second-order valence-corrected chi connectivity index (χ2v) is 7.32. The van der Waals surface area contributed by atoms with Crippen molar-refractivity contribution in [1.29, 1.82) is 0 Å². The quantitative estimate of drug-likeness (QED) is 0.724.